The highest BCUT2D eigenvalue weighted by atomic mass is 14.9. The van der Waals surface area contributed by atoms with Gasteiger partial charge in [-0.3, -0.25) is 0 Å². The predicted molar refractivity (Wildman–Crippen MR) is 176 cm³/mol. The van der Waals surface area contributed by atoms with E-state index in [0.717, 1.165) is 33.5 Å². The largest absolute Gasteiger partial charge is 0.228 e. The number of rotatable bonds is 4. The van der Waals surface area contributed by atoms with Crippen molar-refractivity contribution in [3.63, 3.8) is 0 Å². The van der Waals surface area contributed by atoms with E-state index in [1.54, 1.807) is 0 Å². The minimum absolute atomic E-state index is 0.740. The molecule has 8 rings (SSSR count). The Morgan fingerprint density at radius 2 is 0.786 bits per heavy atom. The van der Waals surface area contributed by atoms with Gasteiger partial charge in [-0.1, -0.05) is 140 Å². The van der Waals surface area contributed by atoms with Gasteiger partial charge in [-0.15, -0.1) is 0 Å². The van der Waals surface area contributed by atoms with E-state index in [4.69, 9.17) is 9.97 Å². The fraction of sp³-hybridized carbons (Fsp3) is 0. The SMILES string of the molecule is c1ccc(-c2ccc3ccc4ccc(-c5ccc(-c6nc(-c7ccccc7)nc7ccccc67)cc5)cc4c3c2)cc1. The van der Waals surface area contributed by atoms with Crippen molar-refractivity contribution in [2.24, 2.45) is 0 Å². The van der Waals surface area contributed by atoms with E-state index in [9.17, 15) is 0 Å². The minimum atomic E-state index is 0.740. The van der Waals surface area contributed by atoms with Crippen molar-refractivity contribution in [1.82, 2.24) is 9.97 Å². The number of para-hydroxylation sites is 1. The van der Waals surface area contributed by atoms with Gasteiger partial charge >= 0.3 is 0 Å². The molecule has 0 aliphatic carbocycles. The molecule has 0 spiro atoms. The lowest BCUT2D eigenvalue weighted by molar-refractivity contribution is 1.23. The lowest BCUT2D eigenvalue weighted by atomic mass is 9.94. The van der Waals surface area contributed by atoms with Crippen molar-refractivity contribution in [3.8, 4) is 44.9 Å². The second-order valence-electron chi connectivity index (χ2n) is 10.7. The van der Waals surface area contributed by atoms with Crippen LogP contribution in [0.15, 0.2) is 158 Å². The zero-order valence-corrected chi connectivity index (χ0v) is 22.9. The zero-order chi connectivity index (χ0) is 27.9. The van der Waals surface area contributed by atoms with Crippen LogP contribution >= 0.6 is 0 Å². The van der Waals surface area contributed by atoms with E-state index in [2.05, 4.69) is 127 Å². The van der Waals surface area contributed by atoms with E-state index in [1.165, 1.54) is 43.8 Å². The molecule has 1 heterocycles. The van der Waals surface area contributed by atoms with E-state index in [-0.39, 0.29) is 0 Å². The van der Waals surface area contributed by atoms with Crippen molar-refractivity contribution in [1.29, 1.82) is 0 Å². The molecule has 0 aliphatic rings. The topological polar surface area (TPSA) is 25.8 Å². The van der Waals surface area contributed by atoms with Gasteiger partial charge in [-0.05, 0) is 62.0 Å². The maximum Gasteiger partial charge on any atom is 0.160 e. The highest BCUT2D eigenvalue weighted by molar-refractivity contribution is 6.10. The molecule has 7 aromatic carbocycles. The Labute approximate surface area is 244 Å². The Morgan fingerprint density at radius 3 is 1.43 bits per heavy atom. The maximum atomic E-state index is 5.04. The molecule has 0 saturated heterocycles. The third-order valence-electron chi connectivity index (χ3n) is 8.07. The molecule has 8 aromatic rings. The second kappa shape index (κ2) is 10.1. The number of aromatic nitrogens is 2. The molecule has 0 radical (unpaired) electrons. The van der Waals surface area contributed by atoms with Crippen LogP contribution in [0.5, 0.6) is 0 Å². The van der Waals surface area contributed by atoms with Gasteiger partial charge in [0.1, 0.15) is 0 Å². The smallest absolute Gasteiger partial charge is 0.160 e. The van der Waals surface area contributed by atoms with Crippen molar-refractivity contribution >= 4 is 32.4 Å². The Bertz CT molecular complexity index is 2220. The van der Waals surface area contributed by atoms with Crippen LogP contribution in [0.25, 0.3) is 77.3 Å². The average molecular weight is 535 g/mol. The van der Waals surface area contributed by atoms with Gasteiger partial charge in [0, 0.05) is 16.5 Å². The van der Waals surface area contributed by atoms with Gasteiger partial charge in [0.15, 0.2) is 5.82 Å². The van der Waals surface area contributed by atoms with Crippen molar-refractivity contribution in [2.75, 3.05) is 0 Å². The van der Waals surface area contributed by atoms with E-state index < -0.39 is 0 Å². The summed E-state index contributed by atoms with van der Waals surface area (Å²) in [5.41, 5.74) is 8.83. The second-order valence-corrected chi connectivity index (χ2v) is 10.7. The summed E-state index contributed by atoms with van der Waals surface area (Å²) in [4.78, 5) is 9.91. The first kappa shape index (κ1) is 24.2. The Kier molecular flexibility index (Phi) is 5.82. The lowest BCUT2D eigenvalue weighted by Crippen LogP contribution is -1.95. The van der Waals surface area contributed by atoms with Gasteiger partial charge in [0.2, 0.25) is 0 Å². The summed E-state index contributed by atoms with van der Waals surface area (Å²) in [5.74, 6) is 0.740. The van der Waals surface area contributed by atoms with Crippen LogP contribution in [-0.4, -0.2) is 9.97 Å². The number of hydrogen-bond donors (Lipinski definition) is 0. The van der Waals surface area contributed by atoms with Crippen LogP contribution in [0.4, 0.5) is 0 Å². The highest BCUT2D eigenvalue weighted by Crippen LogP contribution is 2.34. The van der Waals surface area contributed by atoms with Gasteiger partial charge in [0.05, 0.1) is 11.2 Å². The first-order valence-electron chi connectivity index (χ1n) is 14.3. The van der Waals surface area contributed by atoms with E-state index in [0.29, 0.717) is 0 Å². The Balaban J connectivity index is 1.22. The first-order valence-corrected chi connectivity index (χ1v) is 14.3. The molecule has 0 fully saturated rings. The third-order valence-corrected chi connectivity index (χ3v) is 8.07. The molecule has 0 saturated carbocycles. The summed E-state index contributed by atoms with van der Waals surface area (Å²) in [7, 11) is 0. The van der Waals surface area contributed by atoms with Crippen molar-refractivity contribution in [3.05, 3.63) is 158 Å². The van der Waals surface area contributed by atoms with Crippen molar-refractivity contribution in [2.45, 2.75) is 0 Å². The van der Waals surface area contributed by atoms with Crippen LogP contribution < -0.4 is 0 Å². The minimum Gasteiger partial charge on any atom is -0.228 e. The summed E-state index contributed by atoms with van der Waals surface area (Å²) in [6.45, 7) is 0. The summed E-state index contributed by atoms with van der Waals surface area (Å²) in [5, 5.41) is 6.08. The molecule has 0 atom stereocenters. The highest BCUT2D eigenvalue weighted by Gasteiger charge is 2.12. The fourth-order valence-corrected chi connectivity index (χ4v) is 5.87. The number of hydrogen-bond acceptors (Lipinski definition) is 2. The van der Waals surface area contributed by atoms with Gasteiger partial charge in [-0.25, -0.2) is 9.97 Å². The summed E-state index contributed by atoms with van der Waals surface area (Å²) >= 11 is 0. The molecule has 0 N–H and O–H groups in total. The summed E-state index contributed by atoms with van der Waals surface area (Å²) in [6, 6.07) is 55.8. The molecule has 2 nitrogen and oxygen atoms in total. The van der Waals surface area contributed by atoms with Crippen LogP contribution in [0, 0.1) is 0 Å². The monoisotopic (exact) mass is 534 g/mol. The maximum absolute atomic E-state index is 5.04. The molecule has 1 aromatic heterocycles. The molecule has 0 amide bonds. The molecule has 0 bridgehead atoms. The molecule has 42 heavy (non-hydrogen) atoms. The lowest BCUT2D eigenvalue weighted by Gasteiger charge is -2.11. The number of fused-ring (bicyclic) bond motifs is 4. The average Bonchev–Trinajstić information content (AvgIpc) is 3.08. The zero-order valence-electron chi connectivity index (χ0n) is 22.9. The predicted octanol–water partition coefficient (Wildman–Crippen LogP) is 10.6. The Hall–Kier alpha value is -5.60. The normalized spacial score (nSPS) is 11.3. The number of benzene rings is 7. The molecule has 0 aliphatic heterocycles. The third kappa shape index (κ3) is 4.31. The fourth-order valence-electron chi connectivity index (χ4n) is 5.87. The van der Waals surface area contributed by atoms with E-state index in [1.807, 2.05) is 30.3 Å². The van der Waals surface area contributed by atoms with Gasteiger partial charge in [-0.2, -0.15) is 0 Å². The van der Waals surface area contributed by atoms with Crippen LogP contribution in [-0.2, 0) is 0 Å². The molecule has 0 unspecified atom stereocenters. The van der Waals surface area contributed by atoms with E-state index >= 15 is 0 Å². The quantitative estimate of drug-likeness (QED) is 0.210. The Morgan fingerprint density at radius 1 is 0.310 bits per heavy atom. The molecule has 2 heteroatoms. The van der Waals surface area contributed by atoms with Gasteiger partial charge in [0.25, 0.3) is 0 Å². The summed E-state index contributed by atoms with van der Waals surface area (Å²) < 4.78 is 0. The van der Waals surface area contributed by atoms with Gasteiger partial charge < -0.3 is 0 Å². The van der Waals surface area contributed by atoms with Crippen molar-refractivity contribution < 1.29 is 0 Å². The standard InChI is InChI=1S/C40H26N2/c1-3-9-27(10-4-1)33-23-19-29-17-18-30-20-24-34(26-37(30)36(29)25-33)28-15-21-31(22-16-28)39-35-13-7-8-14-38(35)41-40(42-39)32-11-5-2-6-12-32/h1-26H. The molecular weight excluding hydrogens is 508 g/mol. The summed E-state index contributed by atoms with van der Waals surface area (Å²) in [6.07, 6.45) is 0. The molecule has 196 valence electrons. The number of nitrogens with zero attached hydrogens (tertiary/aromatic N) is 2. The molecular formula is C40H26N2. The van der Waals surface area contributed by atoms with Crippen LogP contribution in [0.3, 0.4) is 0 Å². The first-order chi connectivity index (χ1) is 20.8. The van der Waals surface area contributed by atoms with Crippen LogP contribution in [0.1, 0.15) is 0 Å². The van der Waals surface area contributed by atoms with Crippen LogP contribution in [0.2, 0.25) is 0 Å².